The molecule has 0 heterocycles. The van der Waals surface area contributed by atoms with E-state index < -0.39 is 27.3 Å². The topological polar surface area (TPSA) is 95.3 Å². The van der Waals surface area contributed by atoms with Crippen molar-refractivity contribution >= 4 is 21.5 Å². The van der Waals surface area contributed by atoms with E-state index in [1.165, 1.54) is 6.92 Å². The molecular weight excluding hydrogens is 170 g/mol. The molecule has 0 aromatic carbocycles. The highest BCUT2D eigenvalue weighted by Crippen LogP contribution is 1.90. The molecule has 64 valence electrons. The van der Waals surface area contributed by atoms with E-state index in [1.54, 1.807) is 0 Å². The van der Waals surface area contributed by atoms with Crippen molar-refractivity contribution in [2.75, 3.05) is 11.5 Å². The monoisotopic (exact) mass is 179 g/mol. The van der Waals surface area contributed by atoms with Gasteiger partial charge in [-0.25, -0.2) is 13.2 Å². The number of carboxylic acid groups (broad SMARTS) is 1. The molecule has 0 atom stereocenters. The fourth-order valence-electron chi connectivity index (χ4n) is 0.384. The molecule has 0 spiro atoms. The van der Waals surface area contributed by atoms with Gasteiger partial charge in [-0.05, 0) is 0 Å². The van der Waals surface area contributed by atoms with Gasteiger partial charge in [-0.3, -0.25) is 5.41 Å². The predicted molar refractivity (Wildman–Crippen MR) is 39.7 cm³/mol. The third-order valence-corrected chi connectivity index (χ3v) is 2.67. The largest absolute Gasteiger partial charge is 0.477 e. The lowest BCUT2D eigenvalue weighted by Gasteiger charge is -1.97. The Morgan fingerprint density at radius 2 is 2.00 bits per heavy atom. The van der Waals surface area contributed by atoms with Crippen molar-refractivity contribution in [3.8, 4) is 0 Å². The number of hydrogen-bond acceptors (Lipinski definition) is 4. The second kappa shape index (κ2) is 3.47. The fraction of sp³-hybridized carbons (Fsp3) is 0.600. The average molecular weight is 179 g/mol. The predicted octanol–water partition coefficient (Wildman–Crippen LogP) is -0.475. The van der Waals surface area contributed by atoms with Crippen LogP contribution in [0.1, 0.15) is 6.92 Å². The van der Waals surface area contributed by atoms with Crippen molar-refractivity contribution in [1.82, 2.24) is 0 Å². The van der Waals surface area contributed by atoms with E-state index in [2.05, 4.69) is 0 Å². The van der Waals surface area contributed by atoms with Gasteiger partial charge in [0.15, 0.2) is 9.84 Å². The van der Waals surface area contributed by atoms with Crippen LogP contribution in [0.5, 0.6) is 0 Å². The van der Waals surface area contributed by atoms with Gasteiger partial charge < -0.3 is 5.11 Å². The molecule has 0 saturated heterocycles. The minimum atomic E-state index is -3.37. The molecule has 0 aromatic heterocycles. The first kappa shape index (κ1) is 10.1. The van der Waals surface area contributed by atoms with Crippen LogP contribution in [-0.2, 0) is 14.6 Å². The van der Waals surface area contributed by atoms with Crippen LogP contribution in [0, 0.1) is 5.41 Å². The molecular formula is C5H9NO4S. The number of carbonyl (C=O) groups is 1. The Hall–Kier alpha value is -0.910. The Morgan fingerprint density at radius 3 is 2.27 bits per heavy atom. The van der Waals surface area contributed by atoms with Gasteiger partial charge in [0.05, 0.1) is 5.75 Å². The van der Waals surface area contributed by atoms with Gasteiger partial charge in [-0.15, -0.1) is 0 Å². The number of sulfone groups is 1. The standard InChI is InChI=1S/C5H9NO4S/c1-2-11(9,10)3-4(6)5(7)8/h6H,2-3H2,1H3,(H,7,8). The number of hydrogen-bond donors (Lipinski definition) is 2. The molecule has 0 radical (unpaired) electrons. The molecule has 5 nitrogen and oxygen atoms in total. The van der Waals surface area contributed by atoms with Crippen LogP contribution in [0.4, 0.5) is 0 Å². The third-order valence-electron chi connectivity index (χ3n) is 1.06. The molecule has 0 unspecified atom stereocenters. The summed E-state index contributed by atoms with van der Waals surface area (Å²) in [4.78, 5) is 10.0. The Morgan fingerprint density at radius 1 is 1.55 bits per heavy atom. The minimum Gasteiger partial charge on any atom is -0.477 e. The van der Waals surface area contributed by atoms with Crippen molar-refractivity contribution in [3.05, 3.63) is 0 Å². The highest BCUT2D eigenvalue weighted by atomic mass is 32.2. The first-order valence-corrected chi connectivity index (χ1v) is 4.72. The van der Waals surface area contributed by atoms with Crippen molar-refractivity contribution in [2.45, 2.75) is 6.92 Å². The Labute approximate surface area is 64.5 Å². The summed E-state index contributed by atoms with van der Waals surface area (Å²) in [6.45, 7) is 1.41. The first-order valence-electron chi connectivity index (χ1n) is 2.90. The van der Waals surface area contributed by atoms with Crippen molar-refractivity contribution < 1.29 is 18.3 Å². The molecule has 6 heteroatoms. The molecule has 0 amide bonds. The van der Waals surface area contributed by atoms with Gasteiger partial charge in [0.25, 0.3) is 0 Å². The van der Waals surface area contributed by atoms with E-state index >= 15 is 0 Å². The zero-order valence-electron chi connectivity index (χ0n) is 5.99. The zero-order valence-corrected chi connectivity index (χ0v) is 6.81. The smallest absolute Gasteiger partial charge is 0.350 e. The first-order chi connectivity index (χ1) is 4.89. The maximum absolute atomic E-state index is 10.7. The second-order valence-electron chi connectivity index (χ2n) is 1.96. The van der Waals surface area contributed by atoms with Crippen molar-refractivity contribution in [2.24, 2.45) is 0 Å². The summed E-state index contributed by atoms with van der Waals surface area (Å²) in [6, 6.07) is 0. The summed E-state index contributed by atoms with van der Waals surface area (Å²) in [7, 11) is -3.37. The van der Waals surface area contributed by atoms with Gasteiger partial charge in [0.1, 0.15) is 5.71 Å². The second-order valence-corrected chi connectivity index (χ2v) is 4.31. The summed E-state index contributed by atoms with van der Waals surface area (Å²) in [5, 5.41) is 14.9. The highest BCUT2D eigenvalue weighted by molar-refractivity contribution is 7.92. The lowest BCUT2D eigenvalue weighted by Crippen LogP contribution is -2.23. The summed E-state index contributed by atoms with van der Waals surface area (Å²) in [5.74, 6) is -2.30. The molecule has 0 aliphatic heterocycles. The minimum absolute atomic E-state index is 0.136. The van der Waals surface area contributed by atoms with Crippen molar-refractivity contribution in [3.63, 3.8) is 0 Å². The molecule has 2 N–H and O–H groups in total. The summed E-state index contributed by atoms with van der Waals surface area (Å²) in [5.41, 5.74) is -0.785. The van der Waals surface area contributed by atoms with Gasteiger partial charge in [0.2, 0.25) is 0 Å². The molecule has 0 bridgehead atoms. The van der Waals surface area contributed by atoms with Crippen LogP contribution in [0.2, 0.25) is 0 Å². The van der Waals surface area contributed by atoms with Crippen LogP contribution in [0.15, 0.2) is 0 Å². The average Bonchev–Trinajstić information content (AvgIpc) is 1.87. The Bertz CT molecular complexity index is 266. The van der Waals surface area contributed by atoms with Crippen molar-refractivity contribution in [1.29, 1.82) is 5.41 Å². The van der Waals surface area contributed by atoms with E-state index in [0.29, 0.717) is 0 Å². The van der Waals surface area contributed by atoms with E-state index in [-0.39, 0.29) is 5.75 Å². The normalized spacial score (nSPS) is 11.0. The van der Waals surface area contributed by atoms with Crippen LogP contribution in [0.3, 0.4) is 0 Å². The zero-order chi connectivity index (χ0) is 9.07. The van der Waals surface area contributed by atoms with Gasteiger partial charge >= 0.3 is 5.97 Å². The van der Waals surface area contributed by atoms with Gasteiger partial charge in [-0.1, -0.05) is 6.92 Å². The van der Waals surface area contributed by atoms with Gasteiger partial charge in [-0.2, -0.15) is 0 Å². The molecule has 0 aromatic rings. The van der Waals surface area contributed by atoms with Crippen LogP contribution >= 0.6 is 0 Å². The van der Waals surface area contributed by atoms with E-state index in [1.807, 2.05) is 0 Å². The molecule has 0 aliphatic rings. The van der Waals surface area contributed by atoms with E-state index in [9.17, 15) is 13.2 Å². The Balaban J connectivity index is 4.29. The number of carboxylic acids is 1. The molecule has 0 fully saturated rings. The van der Waals surface area contributed by atoms with Gasteiger partial charge in [0, 0.05) is 5.75 Å². The summed E-state index contributed by atoms with van der Waals surface area (Å²) < 4.78 is 21.4. The molecule has 0 saturated carbocycles. The molecule has 11 heavy (non-hydrogen) atoms. The Kier molecular flexibility index (Phi) is 3.18. The number of aliphatic carboxylic acids is 1. The highest BCUT2D eigenvalue weighted by Gasteiger charge is 2.15. The SMILES string of the molecule is CCS(=O)(=O)CC(=N)C(=O)O. The van der Waals surface area contributed by atoms with Crippen LogP contribution < -0.4 is 0 Å². The van der Waals surface area contributed by atoms with E-state index in [0.717, 1.165) is 0 Å². The fourth-order valence-corrected chi connectivity index (χ4v) is 1.15. The van der Waals surface area contributed by atoms with Crippen LogP contribution in [-0.4, -0.2) is 36.7 Å². The maximum Gasteiger partial charge on any atom is 0.350 e. The number of rotatable bonds is 4. The number of nitrogens with one attached hydrogen (secondary N) is 1. The lowest BCUT2D eigenvalue weighted by atomic mass is 10.4. The summed E-state index contributed by atoms with van der Waals surface area (Å²) >= 11 is 0. The lowest BCUT2D eigenvalue weighted by molar-refractivity contribution is -0.129. The third kappa shape index (κ3) is 3.72. The van der Waals surface area contributed by atoms with E-state index in [4.69, 9.17) is 10.5 Å². The summed E-state index contributed by atoms with van der Waals surface area (Å²) in [6.07, 6.45) is 0. The quantitative estimate of drug-likeness (QED) is 0.570. The molecule has 0 aliphatic carbocycles. The molecule has 0 rings (SSSR count). The maximum atomic E-state index is 10.7. The van der Waals surface area contributed by atoms with Crippen LogP contribution in [0.25, 0.3) is 0 Å².